The van der Waals surface area contributed by atoms with Crippen LogP contribution in [0.5, 0.6) is 0 Å². The highest BCUT2D eigenvalue weighted by atomic mass is 16.4. The summed E-state index contributed by atoms with van der Waals surface area (Å²) in [6, 6.07) is 0. The maximum atomic E-state index is 12.8. The molecule has 0 aromatic heterocycles. The number of carboxylic acids is 1. The molecule has 3 heteroatoms. The van der Waals surface area contributed by atoms with Crippen LogP contribution in [0.1, 0.15) is 53.4 Å². The van der Waals surface area contributed by atoms with Crippen LogP contribution in [0, 0.1) is 22.7 Å². The van der Waals surface area contributed by atoms with Crippen LogP contribution in [0.2, 0.25) is 0 Å². The number of hydrogen-bond donors (Lipinski definition) is 1. The maximum absolute atomic E-state index is 12.8. The first-order chi connectivity index (χ1) is 8.70. The second kappa shape index (κ2) is 4.46. The Balaban J connectivity index is 2.39. The van der Waals surface area contributed by atoms with Crippen molar-refractivity contribution >= 4 is 11.8 Å². The molecular weight excluding hydrogens is 240 g/mol. The average molecular weight is 264 g/mol. The fraction of sp³-hybridized carbons (Fsp3) is 0.750. The Kier molecular flexibility index (Phi) is 3.36. The van der Waals surface area contributed by atoms with E-state index in [0.29, 0.717) is 12.8 Å². The summed E-state index contributed by atoms with van der Waals surface area (Å²) in [6.07, 6.45) is 5.01. The predicted molar refractivity (Wildman–Crippen MR) is 73.7 cm³/mol. The number of aliphatic carboxylic acids is 1. The molecule has 0 aliphatic heterocycles. The molecular formula is C16H24O3. The van der Waals surface area contributed by atoms with Crippen molar-refractivity contribution in [2.24, 2.45) is 22.7 Å². The number of rotatable bonds is 3. The Hall–Kier alpha value is -1.12. The summed E-state index contributed by atoms with van der Waals surface area (Å²) < 4.78 is 0. The minimum absolute atomic E-state index is 0.00470. The zero-order valence-corrected chi connectivity index (χ0v) is 12.3. The monoisotopic (exact) mass is 264 g/mol. The molecule has 3 fully saturated rings. The quantitative estimate of drug-likeness (QED) is 0.794. The Morgan fingerprint density at radius 1 is 1.42 bits per heavy atom. The number of carbonyl (C=O) groups is 2. The third kappa shape index (κ3) is 2.13. The lowest BCUT2D eigenvalue weighted by atomic mass is 9.46. The Bertz CT molecular complexity index is 447. The first-order valence-electron chi connectivity index (χ1n) is 7.12. The van der Waals surface area contributed by atoms with Crippen LogP contribution in [-0.4, -0.2) is 16.9 Å². The van der Waals surface area contributed by atoms with E-state index < -0.39 is 16.8 Å². The minimum atomic E-state index is -0.730. The molecule has 0 radical (unpaired) electrons. The second-order valence-electron chi connectivity index (χ2n) is 7.09. The molecule has 1 N–H and O–H groups in total. The van der Waals surface area contributed by atoms with Gasteiger partial charge in [0.15, 0.2) is 0 Å². The number of ketones is 1. The lowest BCUT2D eigenvalue weighted by Crippen LogP contribution is -2.58. The van der Waals surface area contributed by atoms with Crippen molar-refractivity contribution in [3.05, 3.63) is 11.6 Å². The van der Waals surface area contributed by atoms with Gasteiger partial charge in [0.25, 0.3) is 0 Å². The van der Waals surface area contributed by atoms with Gasteiger partial charge in [-0.2, -0.15) is 0 Å². The van der Waals surface area contributed by atoms with Crippen LogP contribution >= 0.6 is 0 Å². The first kappa shape index (κ1) is 14.3. The van der Waals surface area contributed by atoms with Crippen molar-refractivity contribution in [2.45, 2.75) is 53.4 Å². The Morgan fingerprint density at radius 2 is 2.05 bits per heavy atom. The van der Waals surface area contributed by atoms with Crippen molar-refractivity contribution in [3.8, 4) is 0 Å². The molecule has 4 atom stereocenters. The summed E-state index contributed by atoms with van der Waals surface area (Å²) in [4.78, 5) is 24.3. The van der Waals surface area contributed by atoms with Gasteiger partial charge in [-0.25, -0.2) is 0 Å². The zero-order chi connectivity index (χ0) is 14.4. The van der Waals surface area contributed by atoms with Crippen molar-refractivity contribution in [3.63, 3.8) is 0 Å². The molecule has 3 nitrogen and oxygen atoms in total. The van der Waals surface area contributed by atoms with Gasteiger partial charge in [-0.05, 0) is 45.4 Å². The smallest absolute Gasteiger partial charge is 0.306 e. The van der Waals surface area contributed by atoms with E-state index in [-0.39, 0.29) is 17.6 Å². The molecule has 19 heavy (non-hydrogen) atoms. The fourth-order valence-corrected chi connectivity index (χ4v) is 4.15. The molecule has 0 spiro atoms. The lowest BCUT2D eigenvalue weighted by molar-refractivity contribution is -0.171. The third-order valence-corrected chi connectivity index (χ3v) is 5.30. The molecule has 3 aliphatic rings. The Labute approximate surface area is 115 Å². The molecule has 3 saturated carbocycles. The molecule has 0 heterocycles. The van der Waals surface area contributed by atoms with Crippen molar-refractivity contribution in [2.75, 3.05) is 0 Å². The fourth-order valence-electron chi connectivity index (χ4n) is 4.15. The van der Waals surface area contributed by atoms with Gasteiger partial charge in [0.05, 0.1) is 5.92 Å². The van der Waals surface area contributed by atoms with Gasteiger partial charge < -0.3 is 5.11 Å². The number of Topliss-reactive ketones (excluding diaryl/α,β-unsaturated/α-hetero) is 1. The van der Waals surface area contributed by atoms with Crippen molar-refractivity contribution in [1.29, 1.82) is 0 Å². The number of allylic oxidation sites excluding steroid dienone is 2. The van der Waals surface area contributed by atoms with Crippen molar-refractivity contribution < 1.29 is 14.7 Å². The van der Waals surface area contributed by atoms with Gasteiger partial charge >= 0.3 is 5.97 Å². The molecule has 3 aliphatic carbocycles. The van der Waals surface area contributed by atoms with Crippen molar-refractivity contribution in [1.82, 2.24) is 0 Å². The molecule has 0 amide bonds. The molecule has 0 aromatic carbocycles. The highest BCUT2D eigenvalue weighted by Crippen LogP contribution is 2.60. The summed E-state index contributed by atoms with van der Waals surface area (Å²) in [5.74, 6) is -0.806. The van der Waals surface area contributed by atoms with E-state index in [2.05, 4.69) is 6.08 Å². The van der Waals surface area contributed by atoms with Crippen LogP contribution < -0.4 is 0 Å². The minimum Gasteiger partial charge on any atom is -0.481 e. The van der Waals surface area contributed by atoms with E-state index in [4.69, 9.17) is 0 Å². The highest BCUT2D eigenvalue weighted by molar-refractivity contribution is 5.93. The van der Waals surface area contributed by atoms with Crippen LogP contribution in [0.3, 0.4) is 0 Å². The average Bonchev–Trinajstić information content (AvgIpc) is 2.33. The molecule has 106 valence electrons. The number of carbonyl (C=O) groups excluding carboxylic acids is 1. The molecule has 0 saturated heterocycles. The lowest BCUT2D eigenvalue weighted by Gasteiger charge is -2.56. The van der Waals surface area contributed by atoms with Gasteiger partial charge in [-0.15, -0.1) is 0 Å². The van der Waals surface area contributed by atoms with E-state index in [9.17, 15) is 14.7 Å². The van der Waals surface area contributed by atoms with E-state index in [1.165, 1.54) is 5.57 Å². The first-order valence-corrected chi connectivity index (χ1v) is 7.12. The van der Waals surface area contributed by atoms with E-state index >= 15 is 0 Å². The van der Waals surface area contributed by atoms with Crippen LogP contribution in [0.25, 0.3) is 0 Å². The summed E-state index contributed by atoms with van der Waals surface area (Å²) >= 11 is 0. The summed E-state index contributed by atoms with van der Waals surface area (Å²) in [5, 5.41) is 9.44. The summed E-state index contributed by atoms with van der Waals surface area (Å²) in [5.41, 5.74) is 0.265. The van der Waals surface area contributed by atoms with Gasteiger partial charge in [0, 0.05) is 10.8 Å². The van der Waals surface area contributed by atoms with Gasteiger partial charge in [0.1, 0.15) is 5.78 Å². The van der Waals surface area contributed by atoms with E-state index in [0.717, 1.165) is 12.8 Å². The molecule has 1 unspecified atom stereocenters. The van der Waals surface area contributed by atoms with Crippen LogP contribution in [-0.2, 0) is 9.59 Å². The summed E-state index contributed by atoms with van der Waals surface area (Å²) in [7, 11) is 0. The highest BCUT2D eigenvalue weighted by Gasteiger charge is 2.61. The Morgan fingerprint density at radius 3 is 2.58 bits per heavy atom. The molecule has 2 bridgehead atoms. The van der Waals surface area contributed by atoms with Gasteiger partial charge in [-0.1, -0.05) is 25.5 Å². The summed E-state index contributed by atoms with van der Waals surface area (Å²) in [6.45, 7) is 7.98. The largest absolute Gasteiger partial charge is 0.481 e. The van der Waals surface area contributed by atoms with Crippen LogP contribution in [0.15, 0.2) is 11.6 Å². The standard InChI is InChI=1S/C16H24O3/c1-10(2)5-8-16(4)12-6-7-15(3,14(16)19)9-11(12)13(17)18/h5,11-12H,6-9H2,1-4H3,(H,17,18)/t11?,12-,15+,16+/m0/s1. The molecule has 0 aromatic rings. The molecule has 3 rings (SSSR count). The third-order valence-electron chi connectivity index (χ3n) is 5.30. The predicted octanol–water partition coefficient (Wildman–Crippen LogP) is 3.44. The number of fused-ring (bicyclic) bond motifs is 3. The second-order valence-corrected chi connectivity index (χ2v) is 7.09. The van der Waals surface area contributed by atoms with Gasteiger partial charge in [0.2, 0.25) is 0 Å². The SMILES string of the molecule is CC(C)=CC[C@@]1(C)C(=O)[C@]2(C)CC[C@H]1C(C(=O)O)C2. The van der Waals surface area contributed by atoms with Crippen LogP contribution in [0.4, 0.5) is 0 Å². The topological polar surface area (TPSA) is 54.4 Å². The zero-order valence-electron chi connectivity index (χ0n) is 12.3. The maximum Gasteiger partial charge on any atom is 0.306 e. The van der Waals surface area contributed by atoms with E-state index in [1.54, 1.807) is 0 Å². The normalized spacial score (nSPS) is 41.2. The number of hydrogen-bond acceptors (Lipinski definition) is 2. The number of carboxylic acid groups (broad SMARTS) is 1. The van der Waals surface area contributed by atoms with Gasteiger partial charge in [-0.3, -0.25) is 9.59 Å². The van der Waals surface area contributed by atoms with E-state index in [1.807, 2.05) is 27.7 Å².